The summed E-state index contributed by atoms with van der Waals surface area (Å²) in [5.41, 5.74) is 3.61. The van der Waals surface area contributed by atoms with Gasteiger partial charge in [-0.3, -0.25) is 14.9 Å². The Balaban J connectivity index is 1.86. The Morgan fingerprint density at radius 1 is 1.25 bits per heavy atom. The van der Waals surface area contributed by atoms with Gasteiger partial charge in [0.1, 0.15) is 0 Å². The zero-order valence-corrected chi connectivity index (χ0v) is 15.4. The lowest BCUT2D eigenvalue weighted by molar-refractivity contribution is -0.384. The summed E-state index contributed by atoms with van der Waals surface area (Å²) in [6, 6.07) is 11.5. The molecule has 124 valence electrons. The van der Waals surface area contributed by atoms with E-state index < -0.39 is 4.92 Å². The molecule has 0 unspecified atom stereocenters. The van der Waals surface area contributed by atoms with E-state index in [-0.39, 0.29) is 18.1 Å². The summed E-state index contributed by atoms with van der Waals surface area (Å²) >= 11 is 6.74. The fourth-order valence-electron chi connectivity index (χ4n) is 1.75. The molecule has 0 aliphatic rings. The third kappa shape index (κ3) is 5.43. The number of nitrogens with one attached hydrogen (secondary N) is 2. The van der Waals surface area contributed by atoms with Crippen molar-refractivity contribution in [2.24, 2.45) is 5.10 Å². The first-order valence-corrected chi connectivity index (χ1v) is 8.29. The van der Waals surface area contributed by atoms with Gasteiger partial charge in [-0.05, 0) is 34.1 Å². The molecule has 0 spiro atoms. The molecule has 2 N–H and O–H groups in total. The standard InChI is InChI=1S/C15H12Br2N4O3/c16-11-4-5-14(13(17)7-11)18-9-15(22)20-19-8-10-2-1-3-12(6-10)21(23)24/h1-8,18H,9H2,(H,20,22). The highest BCUT2D eigenvalue weighted by Gasteiger charge is 2.05. The van der Waals surface area contributed by atoms with Crippen molar-refractivity contribution in [2.45, 2.75) is 0 Å². The first-order valence-electron chi connectivity index (χ1n) is 6.71. The number of non-ortho nitro benzene ring substituents is 1. The normalized spacial score (nSPS) is 10.6. The Bertz CT molecular complexity index is 796. The number of benzene rings is 2. The molecule has 0 bridgehead atoms. The highest BCUT2D eigenvalue weighted by molar-refractivity contribution is 9.11. The minimum Gasteiger partial charge on any atom is -0.375 e. The van der Waals surface area contributed by atoms with Gasteiger partial charge in [0.25, 0.3) is 11.6 Å². The van der Waals surface area contributed by atoms with Gasteiger partial charge in [0.15, 0.2) is 0 Å². The number of hydrogen-bond acceptors (Lipinski definition) is 5. The summed E-state index contributed by atoms with van der Waals surface area (Å²) < 4.78 is 1.75. The number of hydrogen-bond donors (Lipinski definition) is 2. The molecule has 24 heavy (non-hydrogen) atoms. The average Bonchev–Trinajstić information content (AvgIpc) is 2.54. The van der Waals surface area contributed by atoms with Crippen LogP contribution in [0.1, 0.15) is 5.56 Å². The van der Waals surface area contributed by atoms with E-state index in [9.17, 15) is 14.9 Å². The highest BCUT2D eigenvalue weighted by Crippen LogP contribution is 2.25. The van der Waals surface area contributed by atoms with Crippen molar-refractivity contribution in [1.82, 2.24) is 5.43 Å². The monoisotopic (exact) mass is 454 g/mol. The molecule has 2 aromatic carbocycles. The van der Waals surface area contributed by atoms with Crippen molar-refractivity contribution in [1.29, 1.82) is 0 Å². The minimum absolute atomic E-state index is 0.0342. The zero-order valence-electron chi connectivity index (χ0n) is 12.2. The van der Waals surface area contributed by atoms with E-state index in [1.165, 1.54) is 18.3 Å². The highest BCUT2D eigenvalue weighted by atomic mass is 79.9. The fourth-order valence-corrected chi connectivity index (χ4v) is 2.93. The number of nitro groups is 1. The van der Waals surface area contributed by atoms with E-state index in [0.29, 0.717) is 5.56 Å². The molecule has 2 aromatic rings. The van der Waals surface area contributed by atoms with Crippen LogP contribution in [-0.4, -0.2) is 23.6 Å². The van der Waals surface area contributed by atoms with Gasteiger partial charge in [-0.1, -0.05) is 28.1 Å². The maximum absolute atomic E-state index is 11.7. The summed E-state index contributed by atoms with van der Waals surface area (Å²) in [5.74, 6) is -0.341. The SMILES string of the molecule is O=C(CNc1ccc(Br)cc1Br)NN=Cc1cccc([N+](=O)[O-])c1. The summed E-state index contributed by atoms with van der Waals surface area (Å²) in [4.78, 5) is 21.9. The Morgan fingerprint density at radius 2 is 2.04 bits per heavy atom. The van der Waals surface area contributed by atoms with E-state index in [1.54, 1.807) is 12.1 Å². The third-order valence-corrected chi connectivity index (χ3v) is 4.00. The van der Waals surface area contributed by atoms with Crippen molar-refractivity contribution in [3.05, 3.63) is 67.1 Å². The maximum atomic E-state index is 11.7. The van der Waals surface area contributed by atoms with Gasteiger partial charge in [0.05, 0.1) is 17.7 Å². The molecule has 0 saturated carbocycles. The van der Waals surface area contributed by atoms with Crippen molar-refractivity contribution in [2.75, 3.05) is 11.9 Å². The molecule has 0 aliphatic heterocycles. The molecule has 9 heteroatoms. The number of nitrogens with zero attached hydrogens (tertiary/aromatic N) is 2. The zero-order chi connectivity index (χ0) is 17.5. The number of hydrazone groups is 1. The lowest BCUT2D eigenvalue weighted by Gasteiger charge is -2.07. The summed E-state index contributed by atoms with van der Waals surface area (Å²) in [5, 5.41) is 17.4. The van der Waals surface area contributed by atoms with E-state index >= 15 is 0 Å². The Kier molecular flexibility index (Phi) is 6.44. The van der Waals surface area contributed by atoms with E-state index in [4.69, 9.17) is 0 Å². The van der Waals surface area contributed by atoms with Crippen molar-refractivity contribution in [3.8, 4) is 0 Å². The minimum atomic E-state index is -0.490. The van der Waals surface area contributed by atoms with Gasteiger partial charge in [0.2, 0.25) is 0 Å². The van der Waals surface area contributed by atoms with Gasteiger partial charge in [-0.15, -0.1) is 0 Å². The van der Waals surface area contributed by atoms with Crippen LogP contribution in [0, 0.1) is 10.1 Å². The summed E-state index contributed by atoms with van der Waals surface area (Å²) in [7, 11) is 0. The Morgan fingerprint density at radius 3 is 2.75 bits per heavy atom. The van der Waals surface area contributed by atoms with Crippen molar-refractivity contribution >= 4 is 55.4 Å². The van der Waals surface area contributed by atoms with Gasteiger partial charge in [0, 0.05) is 32.3 Å². The summed E-state index contributed by atoms with van der Waals surface area (Å²) in [6.07, 6.45) is 1.35. The average molecular weight is 456 g/mol. The molecule has 0 radical (unpaired) electrons. The number of carbonyl (C=O) groups is 1. The quantitative estimate of drug-likeness (QED) is 0.394. The van der Waals surface area contributed by atoms with Crippen LogP contribution in [0.25, 0.3) is 0 Å². The second-order valence-electron chi connectivity index (χ2n) is 4.62. The lowest BCUT2D eigenvalue weighted by Crippen LogP contribution is -2.26. The van der Waals surface area contributed by atoms with Crippen LogP contribution >= 0.6 is 31.9 Å². The molecule has 7 nitrogen and oxygen atoms in total. The molecule has 0 atom stereocenters. The van der Waals surface area contributed by atoms with Crippen LogP contribution in [0.2, 0.25) is 0 Å². The predicted molar refractivity (Wildman–Crippen MR) is 99.2 cm³/mol. The predicted octanol–water partition coefficient (Wildman–Crippen LogP) is 3.68. The lowest BCUT2D eigenvalue weighted by atomic mass is 10.2. The van der Waals surface area contributed by atoms with Gasteiger partial charge in [-0.25, -0.2) is 5.43 Å². The van der Waals surface area contributed by atoms with E-state index in [0.717, 1.165) is 14.6 Å². The fraction of sp³-hybridized carbons (Fsp3) is 0.0667. The maximum Gasteiger partial charge on any atom is 0.270 e. The number of amides is 1. The second kappa shape index (κ2) is 8.55. The largest absolute Gasteiger partial charge is 0.375 e. The molecular weight excluding hydrogens is 444 g/mol. The second-order valence-corrected chi connectivity index (χ2v) is 6.39. The van der Waals surface area contributed by atoms with Crippen molar-refractivity contribution in [3.63, 3.8) is 0 Å². The molecule has 1 amide bonds. The topological polar surface area (TPSA) is 96.6 Å². The molecule has 2 rings (SSSR count). The van der Waals surface area contributed by atoms with Gasteiger partial charge >= 0.3 is 0 Å². The molecular formula is C15H12Br2N4O3. The summed E-state index contributed by atoms with van der Waals surface area (Å²) in [6.45, 7) is 0.0342. The van der Waals surface area contributed by atoms with Crippen molar-refractivity contribution < 1.29 is 9.72 Å². The Labute approximate surface area is 154 Å². The molecule has 0 aromatic heterocycles. The molecule has 0 saturated heterocycles. The molecule has 0 aliphatic carbocycles. The van der Waals surface area contributed by atoms with Crippen LogP contribution in [-0.2, 0) is 4.79 Å². The first kappa shape index (κ1) is 18.1. The van der Waals surface area contributed by atoms with E-state index in [2.05, 4.69) is 47.7 Å². The van der Waals surface area contributed by atoms with Crippen LogP contribution in [0.5, 0.6) is 0 Å². The number of anilines is 1. The number of rotatable bonds is 6. The number of nitro benzene ring substituents is 1. The van der Waals surface area contributed by atoms with Crippen LogP contribution in [0.15, 0.2) is 56.5 Å². The smallest absolute Gasteiger partial charge is 0.270 e. The van der Waals surface area contributed by atoms with Crippen LogP contribution in [0.4, 0.5) is 11.4 Å². The molecule has 0 fully saturated rings. The molecule has 0 heterocycles. The van der Waals surface area contributed by atoms with Crippen LogP contribution < -0.4 is 10.7 Å². The third-order valence-electron chi connectivity index (χ3n) is 2.85. The van der Waals surface area contributed by atoms with E-state index in [1.807, 2.05) is 18.2 Å². The van der Waals surface area contributed by atoms with Gasteiger partial charge < -0.3 is 5.32 Å². The van der Waals surface area contributed by atoms with Crippen LogP contribution in [0.3, 0.4) is 0 Å². The number of carbonyl (C=O) groups excluding carboxylic acids is 1. The first-order chi connectivity index (χ1) is 11.5. The Hall–Kier alpha value is -2.26. The number of halogens is 2. The van der Waals surface area contributed by atoms with Gasteiger partial charge in [-0.2, -0.15) is 5.10 Å².